The molecule has 3 N–H and O–H groups in total. The fourth-order valence-electron chi connectivity index (χ4n) is 3.98. The van der Waals surface area contributed by atoms with Crippen LogP contribution in [0.25, 0.3) is 11.1 Å². The van der Waals surface area contributed by atoms with Crippen LogP contribution in [0.15, 0.2) is 83.4 Å². The second-order valence-corrected chi connectivity index (χ2v) is 7.53. The second kappa shape index (κ2) is 6.75. The molecule has 1 fully saturated rings. The van der Waals surface area contributed by atoms with Crippen molar-refractivity contribution < 1.29 is 9.57 Å². The summed E-state index contributed by atoms with van der Waals surface area (Å²) in [5.74, 6) is 0.517. The van der Waals surface area contributed by atoms with Gasteiger partial charge in [-0.1, -0.05) is 18.2 Å². The van der Waals surface area contributed by atoms with Crippen molar-refractivity contribution in [3.05, 3.63) is 78.4 Å². The third-order valence-corrected chi connectivity index (χ3v) is 5.50. The number of hydrogen-bond acceptors (Lipinski definition) is 8. The van der Waals surface area contributed by atoms with Gasteiger partial charge in [-0.15, -0.1) is 0 Å². The maximum absolute atomic E-state index is 6.02. The van der Waals surface area contributed by atoms with Crippen molar-refractivity contribution >= 4 is 23.3 Å². The van der Waals surface area contributed by atoms with E-state index in [2.05, 4.69) is 33.2 Å². The Morgan fingerprint density at radius 3 is 2.94 bits per heavy atom. The molecule has 6 rings (SSSR count). The predicted octanol–water partition coefficient (Wildman–Crippen LogP) is 3.89. The van der Waals surface area contributed by atoms with Crippen LogP contribution in [-0.2, 0) is 4.84 Å². The first-order valence-corrected chi connectivity index (χ1v) is 10.0. The van der Waals surface area contributed by atoms with Crippen LogP contribution in [0.1, 0.15) is 6.92 Å². The van der Waals surface area contributed by atoms with E-state index in [9.17, 15) is 0 Å². The third-order valence-electron chi connectivity index (χ3n) is 5.50. The monoisotopic (exact) mass is 412 g/mol. The highest BCUT2D eigenvalue weighted by molar-refractivity contribution is 5.85. The van der Waals surface area contributed by atoms with Gasteiger partial charge in [0.1, 0.15) is 11.6 Å². The Hall–Kier alpha value is -4.04. The number of nitrogens with zero attached hydrogens (tertiary/aromatic N) is 3. The van der Waals surface area contributed by atoms with Crippen LogP contribution in [-0.4, -0.2) is 23.9 Å². The summed E-state index contributed by atoms with van der Waals surface area (Å²) in [6.07, 6.45) is 5.43. The molecular weight excluding hydrogens is 392 g/mol. The molecule has 0 spiro atoms. The number of aliphatic imine (C=N–C) groups is 1. The zero-order chi connectivity index (χ0) is 20.8. The van der Waals surface area contributed by atoms with Gasteiger partial charge in [-0.3, -0.25) is 9.88 Å². The van der Waals surface area contributed by atoms with Gasteiger partial charge in [-0.2, -0.15) is 0 Å². The summed E-state index contributed by atoms with van der Waals surface area (Å²) in [5.41, 5.74) is 8.85. The van der Waals surface area contributed by atoms with Gasteiger partial charge in [0, 0.05) is 35.4 Å². The van der Waals surface area contributed by atoms with E-state index >= 15 is 0 Å². The number of anilines is 3. The standard InChI is InChI=1S/C23H20N6O2/c1-15-12-26-23(27-18-6-2-4-16(10-18)17-5-3-9-24-13-17)29(22(15)28-31-23)19-7-8-21-20(11-19)25-14-30-21/h2-13,25,27-28H,14H2,1H3. The summed E-state index contributed by atoms with van der Waals surface area (Å²) in [6, 6.07) is 18.1. The van der Waals surface area contributed by atoms with Crippen LogP contribution in [0, 0.1) is 0 Å². The van der Waals surface area contributed by atoms with Gasteiger partial charge in [0.25, 0.3) is 0 Å². The topological polar surface area (TPSA) is 83.0 Å². The molecule has 4 heterocycles. The number of aromatic nitrogens is 1. The number of hydroxylamine groups is 1. The van der Waals surface area contributed by atoms with E-state index in [0.29, 0.717) is 6.73 Å². The minimum absolute atomic E-state index is 0.470. The quantitative estimate of drug-likeness (QED) is 0.600. The van der Waals surface area contributed by atoms with Crippen LogP contribution < -0.4 is 25.8 Å². The van der Waals surface area contributed by atoms with Gasteiger partial charge in [0.05, 0.1) is 11.4 Å². The molecule has 3 aliphatic rings. The van der Waals surface area contributed by atoms with Crippen molar-refractivity contribution in [2.24, 2.45) is 4.99 Å². The molecule has 0 radical (unpaired) electrons. The molecule has 2 aromatic carbocycles. The Morgan fingerprint density at radius 2 is 2.03 bits per heavy atom. The van der Waals surface area contributed by atoms with Gasteiger partial charge >= 0.3 is 5.97 Å². The molecule has 0 amide bonds. The fourth-order valence-corrected chi connectivity index (χ4v) is 3.98. The van der Waals surface area contributed by atoms with Gasteiger partial charge in [0.2, 0.25) is 0 Å². The summed E-state index contributed by atoms with van der Waals surface area (Å²) in [6.45, 7) is 2.47. The highest BCUT2D eigenvalue weighted by Gasteiger charge is 2.49. The average Bonchev–Trinajstić information content (AvgIpc) is 3.39. The number of nitrogens with one attached hydrogen (secondary N) is 3. The van der Waals surface area contributed by atoms with Crippen molar-refractivity contribution in [1.29, 1.82) is 0 Å². The summed E-state index contributed by atoms with van der Waals surface area (Å²) in [7, 11) is 0. The third kappa shape index (κ3) is 2.88. The van der Waals surface area contributed by atoms with Crippen LogP contribution >= 0.6 is 0 Å². The molecule has 3 aromatic rings. The Bertz CT molecular complexity index is 1230. The number of fused-ring (bicyclic) bond motifs is 3. The molecule has 154 valence electrons. The Kier molecular flexibility index (Phi) is 3.87. The molecule has 0 aliphatic carbocycles. The summed E-state index contributed by atoms with van der Waals surface area (Å²) in [4.78, 5) is 17.0. The number of rotatable bonds is 4. The van der Waals surface area contributed by atoms with E-state index in [1.807, 2.05) is 66.7 Å². The van der Waals surface area contributed by atoms with Crippen molar-refractivity contribution in [3.63, 3.8) is 0 Å². The molecule has 8 heteroatoms. The first-order chi connectivity index (χ1) is 15.2. The lowest BCUT2D eigenvalue weighted by Gasteiger charge is -2.36. The van der Waals surface area contributed by atoms with Gasteiger partial charge in [-0.25, -0.2) is 15.3 Å². The zero-order valence-electron chi connectivity index (χ0n) is 16.8. The van der Waals surface area contributed by atoms with Crippen LogP contribution in [0.2, 0.25) is 0 Å². The number of pyridine rings is 1. The molecule has 8 nitrogen and oxygen atoms in total. The molecule has 1 unspecified atom stereocenters. The Morgan fingerprint density at radius 1 is 1.10 bits per heavy atom. The number of allylic oxidation sites excluding steroid dienone is 1. The molecule has 3 aliphatic heterocycles. The second-order valence-electron chi connectivity index (χ2n) is 7.53. The molecule has 1 saturated heterocycles. The smallest absolute Gasteiger partial charge is 0.351 e. The van der Waals surface area contributed by atoms with Gasteiger partial charge < -0.3 is 15.4 Å². The highest BCUT2D eigenvalue weighted by Crippen LogP contribution is 2.42. The molecular formula is C23H20N6O2. The minimum Gasteiger partial charge on any atom is -0.471 e. The number of ether oxygens (including phenoxy) is 1. The van der Waals surface area contributed by atoms with Crippen molar-refractivity contribution in [1.82, 2.24) is 10.5 Å². The maximum atomic E-state index is 6.02. The van der Waals surface area contributed by atoms with Crippen LogP contribution in [0.4, 0.5) is 17.1 Å². The number of hydrogen-bond donors (Lipinski definition) is 3. The van der Waals surface area contributed by atoms with Gasteiger partial charge in [-0.05, 0) is 48.9 Å². The van der Waals surface area contributed by atoms with E-state index in [1.54, 1.807) is 6.20 Å². The van der Waals surface area contributed by atoms with Gasteiger partial charge in [0.15, 0.2) is 6.73 Å². The molecule has 1 aromatic heterocycles. The lowest BCUT2D eigenvalue weighted by Crippen LogP contribution is -2.51. The van der Waals surface area contributed by atoms with E-state index in [1.165, 1.54) is 0 Å². The van der Waals surface area contributed by atoms with Crippen LogP contribution in [0.5, 0.6) is 5.75 Å². The first kappa shape index (κ1) is 17.8. The maximum Gasteiger partial charge on any atom is 0.351 e. The first-order valence-electron chi connectivity index (χ1n) is 10.0. The summed E-state index contributed by atoms with van der Waals surface area (Å²) in [5, 5.41) is 6.71. The fraction of sp³-hybridized carbons (Fsp3) is 0.130. The Labute approximate surface area is 179 Å². The Balaban J connectivity index is 1.39. The lowest BCUT2D eigenvalue weighted by atomic mass is 10.1. The van der Waals surface area contributed by atoms with Crippen molar-refractivity contribution in [2.75, 3.05) is 22.3 Å². The SMILES string of the molecule is CC1=C2NOC(Nc3cccc(-c4cccnc4)c3)(N=C1)N2c1ccc2c(c1)NCO2. The number of benzene rings is 2. The molecule has 0 saturated carbocycles. The van der Waals surface area contributed by atoms with E-state index in [0.717, 1.165) is 45.3 Å². The highest BCUT2D eigenvalue weighted by atomic mass is 16.7. The zero-order valence-corrected chi connectivity index (χ0v) is 16.8. The van der Waals surface area contributed by atoms with E-state index in [-0.39, 0.29) is 0 Å². The molecule has 1 atom stereocenters. The molecule has 31 heavy (non-hydrogen) atoms. The van der Waals surface area contributed by atoms with E-state index < -0.39 is 5.97 Å². The molecule has 2 bridgehead atoms. The predicted molar refractivity (Wildman–Crippen MR) is 119 cm³/mol. The normalized spacial score (nSPS) is 20.7. The largest absolute Gasteiger partial charge is 0.471 e. The summed E-state index contributed by atoms with van der Waals surface area (Å²) >= 11 is 0. The van der Waals surface area contributed by atoms with Crippen molar-refractivity contribution in [2.45, 2.75) is 12.9 Å². The summed E-state index contributed by atoms with van der Waals surface area (Å²) < 4.78 is 5.57. The van der Waals surface area contributed by atoms with Crippen molar-refractivity contribution in [3.8, 4) is 16.9 Å². The van der Waals surface area contributed by atoms with E-state index in [4.69, 9.17) is 14.6 Å². The minimum atomic E-state index is -1.16. The lowest BCUT2D eigenvalue weighted by molar-refractivity contribution is -0.0214. The van der Waals surface area contributed by atoms with Crippen LogP contribution in [0.3, 0.4) is 0 Å². The average molecular weight is 412 g/mol.